The van der Waals surface area contributed by atoms with Crippen LogP contribution in [0.15, 0.2) is 24.3 Å². The van der Waals surface area contributed by atoms with Crippen LogP contribution in [0.3, 0.4) is 0 Å². The predicted molar refractivity (Wildman–Crippen MR) is 89.4 cm³/mol. The fraction of sp³-hybridized carbons (Fsp3) is 0.278. The molecule has 0 aromatic heterocycles. The highest BCUT2D eigenvalue weighted by atomic mass is 16.6. The molecule has 26 heavy (non-hydrogen) atoms. The first kappa shape index (κ1) is 17.5. The molecule has 1 aliphatic rings. The summed E-state index contributed by atoms with van der Waals surface area (Å²) in [6.07, 6.45) is -0.222. The Morgan fingerprint density at radius 2 is 1.77 bits per heavy atom. The molecule has 3 rings (SSSR count). The molecule has 1 atom stereocenters. The molecule has 0 saturated carbocycles. The van der Waals surface area contributed by atoms with Crippen molar-refractivity contribution in [2.45, 2.75) is 12.5 Å². The van der Waals surface area contributed by atoms with Gasteiger partial charge >= 0.3 is 5.97 Å². The summed E-state index contributed by atoms with van der Waals surface area (Å²) >= 11 is 0. The highest BCUT2D eigenvalue weighted by molar-refractivity contribution is 5.91. The topological polar surface area (TPSA) is 115 Å². The molecule has 8 nitrogen and oxygen atoms in total. The Labute approximate surface area is 149 Å². The summed E-state index contributed by atoms with van der Waals surface area (Å²) in [5.74, 6) is -0.957. The van der Waals surface area contributed by atoms with Gasteiger partial charge in [-0.25, -0.2) is 4.79 Å². The van der Waals surface area contributed by atoms with E-state index in [0.29, 0.717) is 23.7 Å². The number of fused-ring (bicyclic) bond motifs is 1. The number of carbonyl (C=O) groups is 1. The van der Waals surface area contributed by atoms with E-state index in [9.17, 15) is 20.1 Å². The van der Waals surface area contributed by atoms with Gasteiger partial charge in [0, 0.05) is 24.1 Å². The van der Waals surface area contributed by atoms with Crippen LogP contribution in [0.2, 0.25) is 0 Å². The lowest BCUT2D eigenvalue weighted by Crippen LogP contribution is -2.31. The maximum Gasteiger partial charge on any atom is 0.338 e. The van der Waals surface area contributed by atoms with Gasteiger partial charge in [0.2, 0.25) is 0 Å². The van der Waals surface area contributed by atoms with Gasteiger partial charge in [0.1, 0.15) is 30.0 Å². The fourth-order valence-corrected chi connectivity index (χ4v) is 2.71. The van der Waals surface area contributed by atoms with E-state index in [1.54, 1.807) is 12.1 Å². The molecule has 0 radical (unpaired) electrons. The average molecular weight is 362 g/mol. The van der Waals surface area contributed by atoms with Crippen LogP contribution < -0.4 is 14.2 Å². The van der Waals surface area contributed by atoms with Crippen LogP contribution in [0.1, 0.15) is 15.9 Å². The molecule has 0 amide bonds. The summed E-state index contributed by atoms with van der Waals surface area (Å²) in [4.78, 5) is 12.3. The second-order valence-corrected chi connectivity index (χ2v) is 5.71. The number of hydrogen-bond acceptors (Lipinski definition) is 8. The number of rotatable bonds is 4. The van der Waals surface area contributed by atoms with E-state index < -0.39 is 29.3 Å². The number of esters is 1. The number of ether oxygens (including phenoxy) is 4. The standard InChI is InChI=1S/C18H18O8/c1-23-10-6-15(24-2)12-5-11(8-25-16(12)7-10)26-18(22)9-3-13(19)17(21)14(20)4-9/h3-4,6-7,11,19-21H,5,8H2,1-2H3/t11-/m1/s1. The number of phenols is 3. The molecule has 0 saturated heterocycles. The van der Waals surface area contributed by atoms with Gasteiger partial charge in [-0.1, -0.05) is 0 Å². The van der Waals surface area contributed by atoms with Crippen LogP contribution in [0, 0.1) is 0 Å². The molecule has 0 fully saturated rings. The Balaban J connectivity index is 1.78. The molecule has 1 heterocycles. The maximum atomic E-state index is 12.3. The molecule has 0 bridgehead atoms. The Morgan fingerprint density at radius 3 is 2.38 bits per heavy atom. The van der Waals surface area contributed by atoms with Crippen molar-refractivity contribution in [1.29, 1.82) is 0 Å². The highest BCUT2D eigenvalue weighted by Gasteiger charge is 2.28. The molecule has 138 valence electrons. The van der Waals surface area contributed by atoms with Crippen molar-refractivity contribution in [3.63, 3.8) is 0 Å². The van der Waals surface area contributed by atoms with Crippen LogP contribution >= 0.6 is 0 Å². The van der Waals surface area contributed by atoms with E-state index in [2.05, 4.69) is 0 Å². The normalized spacial score (nSPS) is 15.5. The minimum absolute atomic E-state index is 0.0923. The largest absolute Gasteiger partial charge is 0.504 e. The SMILES string of the molecule is COc1cc(OC)c2c(c1)OC[C@H](OC(=O)c1cc(O)c(O)c(O)c1)C2. The molecule has 2 aromatic carbocycles. The number of aromatic hydroxyl groups is 3. The van der Waals surface area contributed by atoms with Gasteiger partial charge in [0.15, 0.2) is 17.2 Å². The zero-order chi connectivity index (χ0) is 18.8. The van der Waals surface area contributed by atoms with E-state index in [0.717, 1.165) is 17.7 Å². The summed E-state index contributed by atoms with van der Waals surface area (Å²) in [5.41, 5.74) is 0.652. The minimum atomic E-state index is -0.764. The molecule has 0 spiro atoms. The number of benzene rings is 2. The minimum Gasteiger partial charge on any atom is -0.504 e. The average Bonchev–Trinajstić information content (AvgIpc) is 2.64. The molecular weight excluding hydrogens is 344 g/mol. The Kier molecular flexibility index (Phi) is 4.66. The second-order valence-electron chi connectivity index (χ2n) is 5.71. The summed E-state index contributed by atoms with van der Waals surface area (Å²) in [5, 5.41) is 28.4. The van der Waals surface area contributed by atoms with Crippen molar-refractivity contribution >= 4 is 5.97 Å². The summed E-state index contributed by atoms with van der Waals surface area (Å²) in [6, 6.07) is 5.47. The van der Waals surface area contributed by atoms with Gasteiger partial charge in [-0.05, 0) is 12.1 Å². The molecule has 0 unspecified atom stereocenters. The third kappa shape index (κ3) is 3.26. The van der Waals surface area contributed by atoms with Crippen LogP contribution in [0.4, 0.5) is 0 Å². The maximum absolute atomic E-state index is 12.3. The smallest absolute Gasteiger partial charge is 0.338 e. The summed E-state index contributed by atoms with van der Waals surface area (Å²) < 4.78 is 21.6. The monoisotopic (exact) mass is 362 g/mol. The van der Waals surface area contributed by atoms with Crippen molar-refractivity contribution in [1.82, 2.24) is 0 Å². The van der Waals surface area contributed by atoms with Gasteiger partial charge in [0.25, 0.3) is 0 Å². The van der Waals surface area contributed by atoms with E-state index in [1.807, 2.05) is 0 Å². The number of hydrogen-bond donors (Lipinski definition) is 3. The summed E-state index contributed by atoms with van der Waals surface area (Å²) in [7, 11) is 3.06. The first-order chi connectivity index (χ1) is 12.4. The van der Waals surface area contributed by atoms with Gasteiger partial charge in [-0.3, -0.25) is 0 Å². The van der Waals surface area contributed by atoms with E-state index in [-0.39, 0.29) is 12.2 Å². The van der Waals surface area contributed by atoms with Gasteiger partial charge in [-0.2, -0.15) is 0 Å². The van der Waals surface area contributed by atoms with Crippen LogP contribution in [0.25, 0.3) is 0 Å². The van der Waals surface area contributed by atoms with E-state index >= 15 is 0 Å². The zero-order valence-electron chi connectivity index (χ0n) is 14.2. The molecule has 2 aromatic rings. The molecular formula is C18H18O8. The van der Waals surface area contributed by atoms with Crippen LogP contribution in [-0.2, 0) is 11.2 Å². The third-order valence-electron chi connectivity index (χ3n) is 4.03. The van der Waals surface area contributed by atoms with Crippen molar-refractivity contribution in [3.8, 4) is 34.5 Å². The highest BCUT2D eigenvalue weighted by Crippen LogP contribution is 2.38. The Bertz CT molecular complexity index is 805. The van der Waals surface area contributed by atoms with Crippen molar-refractivity contribution in [2.24, 2.45) is 0 Å². The third-order valence-corrected chi connectivity index (χ3v) is 4.03. The lowest BCUT2D eigenvalue weighted by Gasteiger charge is -2.27. The number of methoxy groups -OCH3 is 2. The van der Waals surface area contributed by atoms with Gasteiger partial charge < -0.3 is 34.3 Å². The second kappa shape index (κ2) is 6.91. The Hall–Kier alpha value is -3.29. The zero-order valence-corrected chi connectivity index (χ0v) is 14.2. The predicted octanol–water partition coefficient (Wildman–Crippen LogP) is 1.98. The lowest BCUT2D eigenvalue weighted by molar-refractivity contribution is 0.0127. The first-order valence-corrected chi connectivity index (χ1v) is 7.76. The Morgan fingerprint density at radius 1 is 1.08 bits per heavy atom. The molecule has 1 aliphatic heterocycles. The van der Waals surface area contributed by atoms with Gasteiger partial charge in [-0.15, -0.1) is 0 Å². The quantitative estimate of drug-likeness (QED) is 0.559. The lowest BCUT2D eigenvalue weighted by atomic mass is 10.0. The van der Waals surface area contributed by atoms with Crippen molar-refractivity contribution in [3.05, 3.63) is 35.4 Å². The van der Waals surface area contributed by atoms with E-state index in [4.69, 9.17) is 18.9 Å². The first-order valence-electron chi connectivity index (χ1n) is 7.76. The number of carbonyl (C=O) groups excluding carboxylic acids is 1. The number of phenolic OH excluding ortho intramolecular Hbond substituents is 3. The van der Waals surface area contributed by atoms with Crippen molar-refractivity contribution < 1.29 is 39.1 Å². The summed E-state index contributed by atoms with van der Waals surface area (Å²) in [6.45, 7) is 0.130. The fourth-order valence-electron chi connectivity index (χ4n) is 2.71. The van der Waals surface area contributed by atoms with E-state index in [1.165, 1.54) is 14.2 Å². The van der Waals surface area contributed by atoms with Crippen molar-refractivity contribution in [2.75, 3.05) is 20.8 Å². The molecule has 0 aliphatic carbocycles. The van der Waals surface area contributed by atoms with Gasteiger partial charge in [0.05, 0.1) is 19.8 Å². The van der Waals surface area contributed by atoms with Crippen LogP contribution in [-0.4, -0.2) is 48.2 Å². The molecule has 8 heteroatoms. The van der Waals surface area contributed by atoms with Crippen LogP contribution in [0.5, 0.6) is 34.5 Å². The molecule has 3 N–H and O–H groups in total.